The van der Waals surface area contributed by atoms with Crippen molar-refractivity contribution >= 4 is 85.3 Å². The molecule has 15 heteroatoms. The Bertz CT molecular complexity index is 569. The Labute approximate surface area is 229 Å². The molecular weight excluding hydrogens is 769 g/mol. The summed E-state index contributed by atoms with van der Waals surface area (Å²) >= 11 is 4.24. The number of hydrogen-bond acceptors (Lipinski definition) is 9. The fourth-order valence-corrected chi connectivity index (χ4v) is 1.48. The Morgan fingerprint density at radius 2 is 1.16 bits per heavy atom. The number of alkyl carbamates (subject to hydrolysis) is 2. The first kappa shape index (κ1) is 38.8. The molecule has 32 heavy (non-hydrogen) atoms. The van der Waals surface area contributed by atoms with Gasteiger partial charge in [0.15, 0.2) is 0 Å². The van der Waals surface area contributed by atoms with Gasteiger partial charge in [0.1, 0.15) is 23.3 Å². The van der Waals surface area contributed by atoms with Gasteiger partial charge in [0.2, 0.25) is 0 Å². The van der Waals surface area contributed by atoms with E-state index in [-0.39, 0.29) is 37.1 Å². The molecule has 0 heterocycles. The van der Waals surface area contributed by atoms with Gasteiger partial charge in [-0.2, -0.15) is 0 Å². The number of carboxylic acids is 1. The number of esters is 1. The van der Waals surface area contributed by atoms with Gasteiger partial charge in [-0.15, -0.1) is 24.0 Å². The third-order valence-electron chi connectivity index (χ3n) is 2.64. The van der Waals surface area contributed by atoms with Crippen LogP contribution in [-0.4, -0.2) is 72.7 Å². The largest absolute Gasteiger partial charge is 0.480 e. The van der Waals surface area contributed by atoms with Gasteiger partial charge in [-0.1, -0.05) is 0 Å². The molecular formula is C17H35I3N4O8. The molecule has 0 saturated carbocycles. The molecule has 192 valence electrons. The maximum atomic E-state index is 11.3. The average Bonchev–Trinajstić information content (AvgIpc) is 2.62. The fraction of sp³-hybridized carbons (Fsp3) is 0.765. The highest BCUT2D eigenvalue weighted by Crippen LogP contribution is 2.07. The topological polar surface area (TPSA) is 192 Å². The van der Waals surface area contributed by atoms with E-state index in [1.54, 1.807) is 41.5 Å². The Hall–Kier alpha value is -0.410. The SMILES string of the molecule is CC(C)(C)OC(=O)N[C@@H](CN)C(=O)O.COC(=O)[C@H](CN)NC(=O)OC(C)(C)C.I.II. The standard InChI is InChI=1S/C9H18N2O4.C8H16N2O4.I2.HI/c1-9(2,3)15-8(13)11-6(5-10)7(12)14-4;1-8(2,3)14-7(13)10-5(4-9)6(11)12;1-2;/h6H,5,10H2,1-4H3,(H,11,13);5H,4,9H2,1-3H3,(H,10,13)(H,11,12);;1H/t6-;5-;;/m00../s1. The number of methoxy groups -OCH3 is 1. The zero-order valence-electron chi connectivity index (χ0n) is 19.2. The van der Waals surface area contributed by atoms with Gasteiger partial charge >= 0.3 is 24.1 Å². The van der Waals surface area contributed by atoms with Crippen molar-refractivity contribution in [2.45, 2.75) is 64.8 Å². The molecule has 0 aliphatic rings. The minimum absolute atomic E-state index is 0. The van der Waals surface area contributed by atoms with Gasteiger partial charge < -0.3 is 41.4 Å². The lowest BCUT2D eigenvalue weighted by atomic mass is 10.2. The van der Waals surface area contributed by atoms with E-state index in [0.29, 0.717) is 0 Å². The van der Waals surface area contributed by atoms with E-state index < -0.39 is 47.4 Å². The van der Waals surface area contributed by atoms with Crippen LogP contribution in [-0.2, 0) is 23.8 Å². The number of aliphatic carboxylic acids is 1. The lowest BCUT2D eigenvalue weighted by molar-refractivity contribution is -0.143. The molecule has 0 aromatic heterocycles. The van der Waals surface area contributed by atoms with Crippen LogP contribution in [0.5, 0.6) is 0 Å². The zero-order valence-corrected chi connectivity index (χ0v) is 25.8. The first-order valence-corrected chi connectivity index (χ1v) is 15.2. The maximum absolute atomic E-state index is 11.3. The predicted octanol–water partition coefficient (Wildman–Crippen LogP) is 2.32. The number of amides is 2. The number of carboxylic acid groups (broad SMARTS) is 1. The monoisotopic (exact) mass is 804 g/mol. The summed E-state index contributed by atoms with van der Waals surface area (Å²) in [5.74, 6) is -1.78. The van der Waals surface area contributed by atoms with Gasteiger partial charge in [-0.05, 0) is 41.5 Å². The van der Waals surface area contributed by atoms with E-state index in [1.807, 2.05) is 0 Å². The summed E-state index contributed by atoms with van der Waals surface area (Å²) in [5, 5.41) is 13.0. The van der Waals surface area contributed by atoms with Gasteiger partial charge in [-0.3, -0.25) is 0 Å². The van der Waals surface area contributed by atoms with Gasteiger partial charge in [-0.25, -0.2) is 19.2 Å². The van der Waals surface area contributed by atoms with Crippen LogP contribution in [0.3, 0.4) is 0 Å². The third kappa shape index (κ3) is 24.2. The van der Waals surface area contributed by atoms with E-state index in [4.69, 9.17) is 26.0 Å². The number of ether oxygens (including phenoxy) is 3. The Morgan fingerprint density at radius 3 is 1.38 bits per heavy atom. The quantitative estimate of drug-likeness (QED) is 0.151. The highest BCUT2D eigenvalue weighted by atomic mass is 128. The molecule has 7 N–H and O–H groups in total. The lowest BCUT2D eigenvalue weighted by Crippen LogP contribution is -2.48. The fourth-order valence-electron chi connectivity index (χ4n) is 1.48. The lowest BCUT2D eigenvalue weighted by Gasteiger charge is -2.21. The van der Waals surface area contributed by atoms with Crippen LogP contribution < -0.4 is 22.1 Å². The Morgan fingerprint density at radius 1 is 0.844 bits per heavy atom. The van der Waals surface area contributed by atoms with Crippen molar-refractivity contribution in [2.24, 2.45) is 11.5 Å². The van der Waals surface area contributed by atoms with E-state index in [1.165, 1.54) is 7.11 Å². The van der Waals surface area contributed by atoms with Crippen LogP contribution in [0.25, 0.3) is 0 Å². The number of halogens is 3. The summed E-state index contributed by atoms with van der Waals surface area (Å²) in [5.41, 5.74) is 9.16. The molecule has 0 aromatic rings. The molecule has 0 unspecified atom stereocenters. The number of carbonyl (C=O) groups excluding carboxylic acids is 3. The van der Waals surface area contributed by atoms with Gasteiger partial charge in [0.05, 0.1) is 7.11 Å². The number of rotatable bonds is 6. The Kier molecular flexibility index (Phi) is 24.3. The molecule has 0 saturated heterocycles. The van der Waals surface area contributed by atoms with E-state index in [2.05, 4.69) is 52.6 Å². The van der Waals surface area contributed by atoms with Gasteiger partial charge in [0, 0.05) is 50.3 Å². The predicted molar refractivity (Wildman–Crippen MR) is 148 cm³/mol. The van der Waals surface area contributed by atoms with Crippen LogP contribution in [0.1, 0.15) is 41.5 Å². The van der Waals surface area contributed by atoms with Crippen LogP contribution >= 0.6 is 61.2 Å². The maximum Gasteiger partial charge on any atom is 0.408 e. The molecule has 0 bridgehead atoms. The molecule has 2 amide bonds. The van der Waals surface area contributed by atoms with Crippen LogP contribution in [0, 0.1) is 0 Å². The summed E-state index contributed by atoms with van der Waals surface area (Å²) in [4.78, 5) is 43.9. The molecule has 0 radical (unpaired) electrons. The van der Waals surface area contributed by atoms with Crippen molar-refractivity contribution < 1.29 is 38.5 Å². The van der Waals surface area contributed by atoms with Crippen molar-refractivity contribution in [1.82, 2.24) is 10.6 Å². The second kappa shape index (κ2) is 20.0. The number of hydrogen-bond donors (Lipinski definition) is 5. The second-order valence-corrected chi connectivity index (χ2v) is 7.73. The van der Waals surface area contributed by atoms with Crippen LogP contribution in [0.2, 0.25) is 0 Å². The van der Waals surface area contributed by atoms with E-state index in [0.717, 1.165) is 0 Å². The normalized spacial score (nSPS) is 12.0. The van der Waals surface area contributed by atoms with Crippen molar-refractivity contribution in [3.63, 3.8) is 0 Å². The van der Waals surface area contributed by atoms with Crippen LogP contribution in [0.15, 0.2) is 0 Å². The summed E-state index contributed by atoms with van der Waals surface area (Å²) in [6.45, 7) is 10.0. The first-order chi connectivity index (χ1) is 14.1. The number of carbonyl (C=O) groups is 4. The van der Waals surface area contributed by atoms with Crippen LogP contribution in [0.4, 0.5) is 9.59 Å². The zero-order chi connectivity index (χ0) is 25.4. The first-order valence-electron chi connectivity index (χ1n) is 8.90. The second-order valence-electron chi connectivity index (χ2n) is 7.73. The average molecular weight is 804 g/mol. The molecule has 2 atom stereocenters. The molecule has 0 aromatic carbocycles. The van der Waals surface area contributed by atoms with E-state index in [9.17, 15) is 19.2 Å². The number of nitrogens with one attached hydrogen (secondary N) is 2. The highest BCUT2D eigenvalue weighted by molar-refractivity contribution is 15.0. The molecule has 0 spiro atoms. The number of nitrogens with two attached hydrogens (primary N) is 2. The molecule has 0 aliphatic heterocycles. The molecule has 12 nitrogen and oxygen atoms in total. The van der Waals surface area contributed by atoms with Gasteiger partial charge in [0.25, 0.3) is 0 Å². The minimum Gasteiger partial charge on any atom is -0.480 e. The van der Waals surface area contributed by atoms with Crippen molar-refractivity contribution in [2.75, 3.05) is 20.2 Å². The van der Waals surface area contributed by atoms with Crippen molar-refractivity contribution in [3.05, 3.63) is 0 Å². The smallest absolute Gasteiger partial charge is 0.408 e. The van der Waals surface area contributed by atoms with Crippen molar-refractivity contribution in [1.29, 1.82) is 0 Å². The Balaban J connectivity index is -0.000000221. The van der Waals surface area contributed by atoms with E-state index >= 15 is 0 Å². The summed E-state index contributed by atoms with van der Waals surface area (Å²) in [7, 11) is 1.22. The highest BCUT2D eigenvalue weighted by Gasteiger charge is 2.24. The summed E-state index contributed by atoms with van der Waals surface area (Å²) in [6, 6.07) is -1.98. The molecule has 0 aliphatic carbocycles. The van der Waals surface area contributed by atoms with Crippen molar-refractivity contribution in [3.8, 4) is 0 Å². The summed E-state index contributed by atoms with van der Waals surface area (Å²) in [6.07, 6.45) is -1.47. The summed E-state index contributed by atoms with van der Waals surface area (Å²) < 4.78 is 14.2. The third-order valence-corrected chi connectivity index (χ3v) is 2.64. The minimum atomic E-state index is -1.18. The molecule has 0 fully saturated rings. The molecule has 0 rings (SSSR count).